The summed E-state index contributed by atoms with van der Waals surface area (Å²) in [6.45, 7) is 3.31. The molecule has 0 unspecified atom stereocenters. The van der Waals surface area contributed by atoms with E-state index in [-0.39, 0.29) is 5.91 Å². The molecule has 0 spiro atoms. The number of thioether (sulfide) groups is 1. The Morgan fingerprint density at radius 1 is 1.19 bits per heavy atom. The van der Waals surface area contributed by atoms with Crippen LogP contribution in [-0.2, 0) is 11.3 Å². The summed E-state index contributed by atoms with van der Waals surface area (Å²) in [5.74, 6) is 0.343. The summed E-state index contributed by atoms with van der Waals surface area (Å²) in [6.07, 6.45) is 6.26. The number of nitrogens with zero attached hydrogens (tertiary/aromatic N) is 4. The van der Waals surface area contributed by atoms with Crippen molar-refractivity contribution in [1.82, 2.24) is 14.5 Å². The summed E-state index contributed by atoms with van der Waals surface area (Å²) in [5.41, 5.74) is 1.79. The minimum atomic E-state index is 0.0217. The number of imidazole rings is 1. The fraction of sp³-hybridized carbons (Fsp3) is 0.227. The van der Waals surface area contributed by atoms with Crippen molar-refractivity contribution in [3.63, 3.8) is 0 Å². The number of aromatic nitrogens is 3. The molecule has 4 rings (SSSR count). The Hall–Kier alpha value is -2.06. The number of carbonyl (C=O) groups excluding carboxylic acids is 1. The number of hydrogen-bond donors (Lipinski definition) is 0. The van der Waals surface area contributed by atoms with E-state index in [1.54, 1.807) is 17.4 Å². The Labute approximate surface area is 199 Å². The maximum absolute atomic E-state index is 13.2. The number of hydrogen-bond acceptors (Lipinski definition) is 5. The van der Waals surface area contributed by atoms with Crippen molar-refractivity contribution >= 4 is 67.6 Å². The first-order chi connectivity index (χ1) is 15.0. The molecule has 2 heterocycles. The first-order valence-corrected chi connectivity index (χ1v) is 12.3. The monoisotopic (exact) mass is 490 g/mol. The van der Waals surface area contributed by atoms with Gasteiger partial charge in [-0.3, -0.25) is 9.69 Å². The molecule has 9 heteroatoms. The number of anilines is 1. The maximum Gasteiger partial charge on any atom is 0.239 e. The maximum atomic E-state index is 13.2. The van der Waals surface area contributed by atoms with Crippen molar-refractivity contribution in [3.8, 4) is 0 Å². The fourth-order valence-corrected chi connectivity index (χ4v) is 5.24. The lowest BCUT2D eigenvalue weighted by atomic mass is 10.2. The second kappa shape index (κ2) is 10.0. The zero-order valence-electron chi connectivity index (χ0n) is 16.8. The number of thiazole rings is 1. The summed E-state index contributed by atoms with van der Waals surface area (Å²) < 4.78 is 3.03. The highest BCUT2D eigenvalue weighted by atomic mass is 35.5. The van der Waals surface area contributed by atoms with Crippen molar-refractivity contribution in [2.75, 3.05) is 17.2 Å². The molecule has 0 fully saturated rings. The van der Waals surface area contributed by atoms with Gasteiger partial charge in [-0.05, 0) is 55.3 Å². The minimum Gasteiger partial charge on any atom is -0.337 e. The normalized spacial score (nSPS) is 11.2. The Balaban J connectivity index is 1.53. The van der Waals surface area contributed by atoms with Gasteiger partial charge in [-0.15, -0.1) is 11.8 Å². The summed E-state index contributed by atoms with van der Waals surface area (Å²) in [6, 6.07) is 11.3. The first kappa shape index (κ1) is 22.1. The highest BCUT2D eigenvalue weighted by molar-refractivity contribution is 8.00. The van der Waals surface area contributed by atoms with Crippen molar-refractivity contribution in [2.45, 2.75) is 24.8 Å². The predicted molar refractivity (Wildman–Crippen MR) is 131 cm³/mol. The molecule has 0 N–H and O–H groups in total. The topological polar surface area (TPSA) is 51.0 Å². The smallest absolute Gasteiger partial charge is 0.239 e. The van der Waals surface area contributed by atoms with Crippen LogP contribution in [0.2, 0.25) is 10.0 Å². The summed E-state index contributed by atoms with van der Waals surface area (Å²) in [5, 5.41) is 2.06. The molecule has 5 nitrogen and oxygen atoms in total. The SMILES string of the molecule is Cc1c(Cl)ccc2sc(N(CCCn3ccnc3)C(=O)CSc3ccc(Cl)cc3)nc12. The van der Waals surface area contributed by atoms with Gasteiger partial charge in [0, 0.05) is 40.4 Å². The average molecular weight is 491 g/mol. The molecular formula is C22H20Cl2N4OS2. The zero-order chi connectivity index (χ0) is 21.8. The molecule has 160 valence electrons. The minimum absolute atomic E-state index is 0.0217. The summed E-state index contributed by atoms with van der Waals surface area (Å²) in [7, 11) is 0. The number of halogens is 2. The van der Waals surface area contributed by atoms with Gasteiger partial charge in [-0.2, -0.15) is 0 Å². The van der Waals surface area contributed by atoms with Gasteiger partial charge in [0.25, 0.3) is 0 Å². The lowest BCUT2D eigenvalue weighted by Crippen LogP contribution is -2.33. The van der Waals surface area contributed by atoms with Crippen LogP contribution in [0.15, 0.2) is 60.0 Å². The van der Waals surface area contributed by atoms with Crippen LogP contribution < -0.4 is 4.90 Å². The van der Waals surface area contributed by atoms with Crippen LogP contribution in [-0.4, -0.2) is 32.7 Å². The van der Waals surface area contributed by atoms with Gasteiger partial charge in [0.2, 0.25) is 5.91 Å². The van der Waals surface area contributed by atoms with Crippen LogP contribution in [0.5, 0.6) is 0 Å². The molecule has 0 atom stereocenters. The molecule has 31 heavy (non-hydrogen) atoms. The summed E-state index contributed by atoms with van der Waals surface area (Å²) >= 11 is 15.2. The van der Waals surface area contributed by atoms with Gasteiger partial charge in [-0.1, -0.05) is 34.5 Å². The standard InChI is InChI=1S/C22H20Cl2N4OS2/c1-15-18(24)7-8-19-21(15)26-22(31-19)28(11-2-10-27-12-9-25-14-27)20(29)13-30-17-5-3-16(23)4-6-17/h3-9,12,14H,2,10-11,13H2,1H3. The van der Waals surface area contributed by atoms with E-state index in [0.717, 1.165) is 33.6 Å². The molecule has 0 saturated carbocycles. The van der Waals surface area contributed by atoms with Crippen molar-refractivity contribution in [1.29, 1.82) is 0 Å². The third-order valence-corrected chi connectivity index (χ3v) is 7.50. The van der Waals surface area contributed by atoms with E-state index in [2.05, 4.69) is 4.98 Å². The van der Waals surface area contributed by atoms with E-state index in [4.69, 9.17) is 28.2 Å². The molecule has 2 aromatic carbocycles. The highest BCUT2D eigenvalue weighted by Crippen LogP contribution is 2.34. The quantitative estimate of drug-likeness (QED) is 0.271. The van der Waals surface area contributed by atoms with Crippen LogP contribution >= 0.6 is 46.3 Å². The molecule has 0 aliphatic heterocycles. The van der Waals surface area contributed by atoms with Gasteiger partial charge in [0.15, 0.2) is 5.13 Å². The Morgan fingerprint density at radius 2 is 2.00 bits per heavy atom. The van der Waals surface area contributed by atoms with Crippen molar-refractivity contribution in [3.05, 3.63) is 70.7 Å². The second-order valence-electron chi connectivity index (χ2n) is 6.96. The van der Waals surface area contributed by atoms with Gasteiger partial charge in [-0.25, -0.2) is 9.97 Å². The third kappa shape index (κ3) is 5.41. The van der Waals surface area contributed by atoms with Crippen molar-refractivity contribution < 1.29 is 4.79 Å². The molecule has 0 aliphatic carbocycles. The van der Waals surface area contributed by atoms with E-state index >= 15 is 0 Å². The number of aryl methyl sites for hydroxylation is 2. The van der Waals surface area contributed by atoms with Gasteiger partial charge in [0.05, 0.1) is 22.3 Å². The number of benzene rings is 2. The number of fused-ring (bicyclic) bond motifs is 1. The third-order valence-electron chi connectivity index (χ3n) is 4.80. The van der Waals surface area contributed by atoms with Crippen LogP contribution in [0, 0.1) is 6.92 Å². The molecule has 2 aromatic heterocycles. The number of amides is 1. The Morgan fingerprint density at radius 3 is 2.74 bits per heavy atom. The van der Waals surface area contributed by atoms with E-state index < -0.39 is 0 Å². The first-order valence-electron chi connectivity index (χ1n) is 9.71. The average Bonchev–Trinajstić information content (AvgIpc) is 3.43. The predicted octanol–water partition coefficient (Wildman–Crippen LogP) is 6.32. The van der Waals surface area contributed by atoms with Crippen LogP contribution in [0.25, 0.3) is 10.2 Å². The Kier molecular flexibility index (Phi) is 7.17. The molecule has 1 amide bonds. The number of carbonyl (C=O) groups is 1. The van der Waals surface area contributed by atoms with E-state index in [9.17, 15) is 4.79 Å². The molecule has 0 saturated heterocycles. The molecule has 4 aromatic rings. The van der Waals surface area contributed by atoms with E-state index in [1.165, 1.54) is 23.1 Å². The summed E-state index contributed by atoms with van der Waals surface area (Å²) in [4.78, 5) is 24.8. The van der Waals surface area contributed by atoms with E-state index in [1.807, 2.05) is 54.1 Å². The molecule has 0 radical (unpaired) electrons. The fourth-order valence-electron chi connectivity index (χ4n) is 3.12. The van der Waals surface area contributed by atoms with Gasteiger partial charge >= 0.3 is 0 Å². The molecule has 0 aliphatic rings. The van der Waals surface area contributed by atoms with Crippen molar-refractivity contribution in [2.24, 2.45) is 0 Å². The Bertz CT molecular complexity index is 1180. The van der Waals surface area contributed by atoms with E-state index in [0.29, 0.717) is 27.5 Å². The molecular weight excluding hydrogens is 471 g/mol. The number of rotatable bonds is 8. The van der Waals surface area contributed by atoms with Gasteiger partial charge in [0.1, 0.15) is 0 Å². The van der Waals surface area contributed by atoms with Crippen LogP contribution in [0.1, 0.15) is 12.0 Å². The highest BCUT2D eigenvalue weighted by Gasteiger charge is 2.21. The second-order valence-corrected chi connectivity index (χ2v) is 9.86. The largest absolute Gasteiger partial charge is 0.337 e. The molecule has 0 bridgehead atoms. The zero-order valence-corrected chi connectivity index (χ0v) is 19.9. The van der Waals surface area contributed by atoms with Gasteiger partial charge < -0.3 is 4.57 Å². The lowest BCUT2D eigenvalue weighted by Gasteiger charge is -2.20. The van der Waals surface area contributed by atoms with Crippen LogP contribution in [0.3, 0.4) is 0 Å². The lowest BCUT2D eigenvalue weighted by molar-refractivity contribution is -0.116. The van der Waals surface area contributed by atoms with Crippen LogP contribution in [0.4, 0.5) is 5.13 Å².